The number of hydrazone groups is 1. The van der Waals surface area contributed by atoms with Gasteiger partial charge in [-0.05, 0) is 48.0 Å². The Morgan fingerprint density at radius 1 is 1.19 bits per heavy atom. The van der Waals surface area contributed by atoms with Crippen LogP contribution < -0.4 is 14.9 Å². The zero-order valence-electron chi connectivity index (χ0n) is 16.8. The van der Waals surface area contributed by atoms with Gasteiger partial charge in [0, 0.05) is 0 Å². The monoisotopic (exact) mass is 467 g/mol. The number of aromatic nitrogens is 1. The third-order valence-corrected chi connectivity index (χ3v) is 6.30. The van der Waals surface area contributed by atoms with Crippen molar-refractivity contribution in [1.29, 1.82) is 0 Å². The lowest BCUT2D eigenvalue weighted by atomic mass is 10.2. The number of thiazole rings is 1. The summed E-state index contributed by atoms with van der Waals surface area (Å²) < 4.78 is 17.5. The van der Waals surface area contributed by atoms with Crippen molar-refractivity contribution in [3.05, 3.63) is 72.2 Å². The molecule has 0 atom stereocenters. The quantitative estimate of drug-likeness (QED) is 0.135. The van der Waals surface area contributed by atoms with Crippen molar-refractivity contribution in [3.8, 4) is 11.5 Å². The summed E-state index contributed by atoms with van der Waals surface area (Å²) in [4.78, 5) is 28.6. The average Bonchev–Trinajstić information content (AvgIpc) is 3.48. The molecule has 0 saturated carbocycles. The first kappa shape index (κ1) is 21.6. The predicted molar refractivity (Wildman–Crippen MR) is 123 cm³/mol. The summed E-state index contributed by atoms with van der Waals surface area (Å²) in [5.41, 5.74) is 4.06. The molecule has 0 saturated heterocycles. The number of amides is 1. The Hall–Kier alpha value is -3.63. The highest BCUT2D eigenvalue weighted by Crippen LogP contribution is 2.29. The number of fused-ring (bicyclic) bond motifs is 1. The first-order chi connectivity index (χ1) is 15.6. The van der Waals surface area contributed by atoms with Gasteiger partial charge in [-0.1, -0.05) is 23.9 Å². The number of esters is 1. The Kier molecular flexibility index (Phi) is 6.83. The summed E-state index contributed by atoms with van der Waals surface area (Å²) in [6.45, 7) is 0. The van der Waals surface area contributed by atoms with Gasteiger partial charge in [0.25, 0.3) is 5.91 Å². The van der Waals surface area contributed by atoms with E-state index < -0.39 is 5.97 Å². The molecular formula is C22H17N3O5S2. The number of furan rings is 1. The second-order valence-corrected chi connectivity index (χ2v) is 8.56. The number of nitrogens with one attached hydrogen (secondary N) is 1. The molecule has 1 N–H and O–H groups in total. The van der Waals surface area contributed by atoms with Crippen molar-refractivity contribution in [1.82, 2.24) is 10.4 Å². The minimum Gasteiger partial charge on any atom is -0.493 e. The Labute approximate surface area is 191 Å². The zero-order valence-corrected chi connectivity index (χ0v) is 18.4. The summed E-state index contributed by atoms with van der Waals surface area (Å²) >= 11 is 2.90. The molecule has 8 nitrogen and oxygen atoms in total. The summed E-state index contributed by atoms with van der Waals surface area (Å²) in [7, 11) is 1.46. The van der Waals surface area contributed by atoms with Crippen LogP contribution in [-0.2, 0) is 4.79 Å². The van der Waals surface area contributed by atoms with E-state index in [0.29, 0.717) is 11.3 Å². The van der Waals surface area contributed by atoms with Gasteiger partial charge >= 0.3 is 5.97 Å². The molecule has 0 aliphatic heterocycles. The second kappa shape index (κ2) is 10.1. The Balaban J connectivity index is 1.31. The van der Waals surface area contributed by atoms with Gasteiger partial charge in [-0.3, -0.25) is 4.79 Å². The molecule has 0 radical (unpaired) electrons. The standard InChI is InChI=1S/C22H17N3O5S2/c1-28-18-11-14(8-9-16(18)30-21(27)17-6-4-10-29-17)12-23-25-20(26)13-31-22-24-15-5-2-3-7-19(15)32-22/h2-12H,13H2,1H3,(H,25,26)/b23-12-. The number of nitrogens with zero attached hydrogens (tertiary/aromatic N) is 2. The van der Waals surface area contributed by atoms with Gasteiger partial charge in [-0.2, -0.15) is 5.10 Å². The van der Waals surface area contributed by atoms with Crippen molar-refractivity contribution in [3.63, 3.8) is 0 Å². The van der Waals surface area contributed by atoms with E-state index in [1.54, 1.807) is 35.6 Å². The highest BCUT2D eigenvalue weighted by molar-refractivity contribution is 8.01. The second-order valence-electron chi connectivity index (χ2n) is 6.31. The third kappa shape index (κ3) is 5.34. The highest BCUT2D eigenvalue weighted by Gasteiger charge is 2.15. The van der Waals surface area contributed by atoms with Gasteiger partial charge < -0.3 is 13.9 Å². The van der Waals surface area contributed by atoms with Gasteiger partial charge in [0.15, 0.2) is 15.8 Å². The van der Waals surface area contributed by atoms with Gasteiger partial charge in [-0.15, -0.1) is 11.3 Å². The molecule has 32 heavy (non-hydrogen) atoms. The topological polar surface area (TPSA) is 103 Å². The first-order valence-electron chi connectivity index (χ1n) is 9.36. The normalized spacial score (nSPS) is 11.0. The minimum absolute atomic E-state index is 0.0871. The van der Waals surface area contributed by atoms with Crippen LogP contribution in [0.15, 0.2) is 74.7 Å². The van der Waals surface area contributed by atoms with E-state index in [4.69, 9.17) is 13.9 Å². The fourth-order valence-corrected chi connectivity index (χ4v) is 4.51. The molecule has 0 aliphatic rings. The van der Waals surface area contributed by atoms with E-state index in [0.717, 1.165) is 14.6 Å². The number of ether oxygens (including phenoxy) is 2. The minimum atomic E-state index is -0.632. The Morgan fingerprint density at radius 2 is 2.06 bits per heavy atom. The molecule has 162 valence electrons. The largest absolute Gasteiger partial charge is 0.493 e. The van der Waals surface area contributed by atoms with E-state index in [-0.39, 0.29) is 23.2 Å². The van der Waals surface area contributed by atoms with E-state index in [1.165, 1.54) is 37.4 Å². The number of methoxy groups -OCH3 is 1. The molecule has 0 unspecified atom stereocenters. The van der Waals surface area contributed by atoms with Crippen LogP contribution in [0.4, 0.5) is 0 Å². The summed E-state index contributed by atoms with van der Waals surface area (Å²) in [6, 6.07) is 15.8. The maximum absolute atomic E-state index is 12.1. The van der Waals surface area contributed by atoms with Crippen LogP contribution in [0.25, 0.3) is 10.2 Å². The fraction of sp³-hybridized carbons (Fsp3) is 0.0909. The van der Waals surface area contributed by atoms with Crippen molar-refractivity contribution in [2.24, 2.45) is 5.10 Å². The number of hydrogen-bond donors (Lipinski definition) is 1. The number of para-hydroxylation sites is 1. The summed E-state index contributed by atoms with van der Waals surface area (Å²) in [6.07, 6.45) is 2.86. The molecule has 2 aromatic carbocycles. The maximum atomic E-state index is 12.1. The van der Waals surface area contributed by atoms with Crippen LogP contribution in [-0.4, -0.2) is 35.9 Å². The lowest BCUT2D eigenvalue weighted by molar-refractivity contribution is -0.118. The number of hydrogen-bond acceptors (Lipinski definition) is 9. The van der Waals surface area contributed by atoms with Crippen LogP contribution in [0.2, 0.25) is 0 Å². The maximum Gasteiger partial charge on any atom is 0.379 e. The van der Waals surface area contributed by atoms with E-state index in [9.17, 15) is 9.59 Å². The van der Waals surface area contributed by atoms with Crippen LogP contribution >= 0.6 is 23.1 Å². The molecule has 0 fully saturated rings. The van der Waals surface area contributed by atoms with E-state index in [2.05, 4.69) is 15.5 Å². The Morgan fingerprint density at radius 3 is 2.84 bits per heavy atom. The predicted octanol–water partition coefficient (Wildman–Crippen LogP) is 4.36. The lowest BCUT2D eigenvalue weighted by Crippen LogP contribution is -2.19. The van der Waals surface area contributed by atoms with Crippen molar-refractivity contribution in [2.45, 2.75) is 4.34 Å². The number of benzene rings is 2. The van der Waals surface area contributed by atoms with Gasteiger partial charge in [0.05, 0.1) is 35.6 Å². The van der Waals surface area contributed by atoms with Crippen LogP contribution in [0.5, 0.6) is 11.5 Å². The molecule has 10 heteroatoms. The molecule has 4 aromatic rings. The molecule has 2 heterocycles. The summed E-state index contributed by atoms with van der Waals surface area (Å²) in [5, 5.41) is 3.97. The highest BCUT2D eigenvalue weighted by atomic mass is 32.2. The lowest BCUT2D eigenvalue weighted by Gasteiger charge is -2.09. The number of thioether (sulfide) groups is 1. The fourth-order valence-electron chi connectivity index (χ4n) is 2.64. The van der Waals surface area contributed by atoms with Crippen LogP contribution in [0.3, 0.4) is 0 Å². The number of rotatable bonds is 8. The molecule has 2 aromatic heterocycles. The van der Waals surface area contributed by atoms with E-state index >= 15 is 0 Å². The molecule has 1 amide bonds. The van der Waals surface area contributed by atoms with Gasteiger partial charge in [-0.25, -0.2) is 15.2 Å². The van der Waals surface area contributed by atoms with Crippen molar-refractivity contribution >= 4 is 51.4 Å². The molecule has 0 aliphatic carbocycles. The number of carbonyl (C=O) groups excluding carboxylic acids is 2. The summed E-state index contributed by atoms with van der Waals surface area (Å²) in [5.74, 6) is -0.0191. The van der Waals surface area contributed by atoms with Crippen molar-refractivity contribution in [2.75, 3.05) is 12.9 Å². The molecular weight excluding hydrogens is 450 g/mol. The molecule has 0 bridgehead atoms. The van der Waals surface area contributed by atoms with Gasteiger partial charge in [0.1, 0.15) is 0 Å². The first-order valence-corrected chi connectivity index (χ1v) is 11.2. The molecule has 4 rings (SSSR count). The average molecular weight is 468 g/mol. The SMILES string of the molecule is COc1cc(/C=N\NC(=O)CSc2nc3ccccc3s2)ccc1OC(=O)c1ccco1. The third-order valence-electron chi connectivity index (χ3n) is 4.12. The number of carbonyl (C=O) groups is 2. The van der Waals surface area contributed by atoms with Crippen molar-refractivity contribution < 1.29 is 23.5 Å². The zero-order chi connectivity index (χ0) is 22.3. The van der Waals surface area contributed by atoms with Crippen LogP contribution in [0.1, 0.15) is 16.1 Å². The van der Waals surface area contributed by atoms with E-state index in [1.807, 2.05) is 24.3 Å². The van der Waals surface area contributed by atoms with Gasteiger partial charge in [0.2, 0.25) is 5.76 Å². The van der Waals surface area contributed by atoms with Crippen LogP contribution in [0, 0.1) is 0 Å². The smallest absolute Gasteiger partial charge is 0.379 e. The molecule has 0 spiro atoms. The Bertz CT molecular complexity index is 1230.